The summed E-state index contributed by atoms with van der Waals surface area (Å²) in [4.78, 5) is 23.1. The summed E-state index contributed by atoms with van der Waals surface area (Å²) in [5.41, 5.74) is 0.985. The van der Waals surface area contributed by atoms with Crippen LogP contribution in [0.4, 0.5) is 0 Å². The predicted molar refractivity (Wildman–Crippen MR) is 90.8 cm³/mol. The van der Waals surface area contributed by atoms with Crippen LogP contribution in [0.1, 0.15) is 31.4 Å². The van der Waals surface area contributed by atoms with Crippen molar-refractivity contribution in [2.75, 3.05) is 20.2 Å². The zero-order valence-electron chi connectivity index (χ0n) is 13.4. The quantitative estimate of drug-likeness (QED) is 0.663. The van der Waals surface area contributed by atoms with Gasteiger partial charge in [-0.1, -0.05) is 12.1 Å². The molecule has 1 atom stereocenters. The molecule has 0 radical (unpaired) electrons. The molecule has 1 aromatic carbocycles. The van der Waals surface area contributed by atoms with Gasteiger partial charge in [0.05, 0.1) is 12.6 Å². The van der Waals surface area contributed by atoms with Gasteiger partial charge in [0, 0.05) is 6.04 Å². The number of halogens is 1. The van der Waals surface area contributed by atoms with Gasteiger partial charge in [-0.2, -0.15) is 0 Å². The fourth-order valence-electron chi connectivity index (χ4n) is 2.04. The van der Waals surface area contributed by atoms with Crippen LogP contribution < -0.4 is 20.7 Å². The molecule has 2 amide bonds. The molecule has 2 rings (SSSR count). The zero-order chi connectivity index (χ0) is 15.9. The van der Waals surface area contributed by atoms with Crippen LogP contribution in [0, 0.1) is 0 Å². The standard InChI is InChI=1S/C16H23N3O3.ClH/c1-11(18-15(20)9-17-2)12-3-7-14(8-4-12)22-10-16(21)19-13-5-6-13;/h3-4,7-8,11,13,17H,5-6,9-10H2,1-2H3,(H,18,20)(H,19,21);1H. The first-order valence-electron chi connectivity index (χ1n) is 7.54. The van der Waals surface area contributed by atoms with Gasteiger partial charge in [0.2, 0.25) is 5.91 Å². The highest BCUT2D eigenvalue weighted by atomic mass is 35.5. The number of hydrogen-bond acceptors (Lipinski definition) is 4. The van der Waals surface area contributed by atoms with Crippen molar-refractivity contribution in [3.05, 3.63) is 29.8 Å². The Hall–Kier alpha value is -1.79. The van der Waals surface area contributed by atoms with Crippen LogP contribution in [0.25, 0.3) is 0 Å². The highest BCUT2D eigenvalue weighted by molar-refractivity contribution is 5.85. The smallest absolute Gasteiger partial charge is 0.258 e. The van der Waals surface area contributed by atoms with Crippen molar-refractivity contribution in [1.29, 1.82) is 0 Å². The second-order valence-corrected chi connectivity index (χ2v) is 5.52. The molecular weight excluding hydrogens is 318 g/mol. The number of carbonyl (C=O) groups excluding carboxylic acids is 2. The summed E-state index contributed by atoms with van der Waals surface area (Å²) in [5, 5.41) is 8.57. The fraction of sp³-hybridized carbons (Fsp3) is 0.500. The topological polar surface area (TPSA) is 79.5 Å². The van der Waals surface area contributed by atoms with Crippen LogP contribution in [0.3, 0.4) is 0 Å². The summed E-state index contributed by atoms with van der Waals surface area (Å²) in [6, 6.07) is 7.66. The predicted octanol–water partition coefficient (Wildman–Crippen LogP) is 1.16. The highest BCUT2D eigenvalue weighted by Crippen LogP contribution is 2.19. The highest BCUT2D eigenvalue weighted by Gasteiger charge is 2.23. The third-order valence-electron chi connectivity index (χ3n) is 3.41. The third-order valence-corrected chi connectivity index (χ3v) is 3.41. The van der Waals surface area contributed by atoms with Crippen LogP contribution in [-0.4, -0.2) is 38.1 Å². The first kappa shape index (κ1) is 19.3. The van der Waals surface area contributed by atoms with E-state index in [4.69, 9.17) is 4.74 Å². The van der Waals surface area contributed by atoms with Gasteiger partial charge in [-0.3, -0.25) is 9.59 Å². The van der Waals surface area contributed by atoms with Gasteiger partial charge in [-0.15, -0.1) is 12.4 Å². The van der Waals surface area contributed by atoms with Gasteiger partial charge in [-0.25, -0.2) is 0 Å². The van der Waals surface area contributed by atoms with Gasteiger partial charge < -0.3 is 20.7 Å². The van der Waals surface area contributed by atoms with E-state index in [9.17, 15) is 9.59 Å². The van der Waals surface area contributed by atoms with Gasteiger partial charge in [-0.05, 0) is 44.5 Å². The van der Waals surface area contributed by atoms with E-state index < -0.39 is 0 Å². The van der Waals surface area contributed by atoms with Crippen LogP contribution in [0.5, 0.6) is 5.75 Å². The number of likely N-dealkylation sites (N-methyl/N-ethyl adjacent to an activating group) is 1. The molecule has 1 aliphatic carbocycles. The molecule has 1 aromatic rings. The van der Waals surface area contributed by atoms with Gasteiger partial charge in [0.15, 0.2) is 6.61 Å². The summed E-state index contributed by atoms with van der Waals surface area (Å²) < 4.78 is 5.44. The summed E-state index contributed by atoms with van der Waals surface area (Å²) in [7, 11) is 1.73. The number of rotatable bonds is 8. The molecule has 0 aromatic heterocycles. The number of nitrogens with one attached hydrogen (secondary N) is 3. The van der Waals surface area contributed by atoms with Gasteiger partial charge >= 0.3 is 0 Å². The van der Waals surface area contributed by atoms with E-state index in [1.54, 1.807) is 19.2 Å². The van der Waals surface area contributed by atoms with Crippen molar-refractivity contribution >= 4 is 24.2 Å². The first-order valence-corrected chi connectivity index (χ1v) is 7.54. The summed E-state index contributed by atoms with van der Waals surface area (Å²) in [5.74, 6) is 0.509. The largest absolute Gasteiger partial charge is 0.484 e. The molecule has 1 fully saturated rings. The van der Waals surface area contributed by atoms with Gasteiger partial charge in [0.25, 0.3) is 5.91 Å². The lowest BCUT2D eigenvalue weighted by Gasteiger charge is -2.15. The van der Waals surface area contributed by atoms with Crippen molar-refractivity contribution in [2.45, 2.75) is 31.8 Å². The lowest BCUT2D eigenvalue weighted by Crippen LogP contribution is -2.33. The molecule has 0 spiro atoms. The first-order chi connectivity index (χ1) is 10.6. The van der Waals surface area contributed by atoms with Crippen LogP contribution >= 0.6 is 12.4 Å². The minimum atomic E-state index is -0.0840. The zero-order valence-corrected chi connectivity index (χ0v) is 14.2. The van der Waals surface area contributed by atoms with E-state index in [-0.39, 0.29) is 36.9 Å². The fourth-order valence-corrected chi connectivity index (χ4v) is 2.04. The molecule has 3 N–H and O–H groups in total. The maximum Gasteiger partial charge on any atom is 0.258 e. The Morgan fingerprint density at radius 2 is 1.87 bits per heavy atom. The van der Waals surface area contributed by atoms with Crippen molar-refractivity contribution in [1.82, 2.24) is 16.0 Å². The second kappa shape index (κ2) is 9.37. The monoisotopic (exact) mass is 341 g/mol. The van der Waals surface area contributed by atoms with Crippen molar-refractivity contribution in [3.8, 4) is 5.75 Å². The van der Waals surface area contributed by atoms with Gasteiger partial charge in [0.1, 0.15) is 5.75 Å². The molecule has 1 unspecified atom stereocenters. The molecular formula is C16H24ClN3O3. The number of hydrogen-bond donors (Lipinski definition) is 3. The molecule has 0 aliphatic heterocycles. The van der Waals surface area contributed by atoms with E-state index in [0.717, 1.165) is 18.4 Å². The lowest BCUT2D eigenvalue weighted by atomic mass is 10.1. The molecule has 1 saturated carbocycles. The van der Waals surface area contributed by atoms with Crippen LogP contribution in [0.15, 0.2) is 24.3 Å². The Kier molecular flexibility index (Phi) is 7.85. The van der Waals surface area contributed by atoms with Crippen LogP contribution in [0.2, 0.25) is 0 Å². The molecule has 0 saturated heterocycles. The van der Waals surface area contributed by atoms with E-state index >= 15 is 0 Å². The number of benzene rings is 1. The maximum absolute atomic E-state index is 11.5. The average Bonchev–Trinajstić information content (AvgIpc) is 3.29. The van der Waals surface area contributed by atoms with E-state index in [0.29, 0.717) is 18.3 Å². The number of ether oxygens (including phenoxy) is 1. The Morgan fingerprint density at radius 3 is 2.43 bits per heavy atom. The van der Waals surface area contributed by atoms with E-state index in [2.05, 4.69) is 16.0 Å². The SMILES string of the molecule is CNCC(=O)NC(C)c1ccc(OCC(=O)NC2CC2)cc1.Cl. The van der Waals surface area contributed by atoms with E-state index in [1.165, 1.54) is 0 Å². The Bertz CT molecular complexity index is 518. The molecule has 0 heterocycles. The van der Waals surface area contributed by atoms with Crippen molar-refractivity contribution < 1.29 is 14.3 Å². The maximum atomic E-state index is 11.5. The lowest BCUT2D eigenvalue weighted by molar-refractivity contribution is -0.123. The Morgan fingerprint density at radius 1 is 1.22 bits per heavy atom. The number of amides is 2. The van der Waals surface area contributed by atoms with Crippen molar-refractivity contribution in [2.24, 2.45) is 0 Å². The summed E-state index contributed by atoms with van der Waals surface area (Å²) >= 11 is 0. The normalized spacial score (nSPS) is 14.3. The molecule has 23 heavy (non-hydrogen) atoms. The molecule has 6 nitrogen and oxygen atoms in total. The molecule has 7 heteroatoms. The summed E-state index contributed by atoms with van der Waals surface area (Å²) in [6.07, 6.45) is 2.13. The Labute approximate surface area is 142 Å². The average molecular weight is 342 g/mol. The second-order valence-electron chi connectivity index (χ2n) is 5.52. The van der Waals surface area contributed by atoms with E-state index in [1.807, 2.05) is 19.1 Å². The van der Waals surface area contributed by atoms with Crippen molar-refractivity contribution in [3.63, 3.8) is 0 Å². The summed E-state index contributed by atoms with van der Waals surface area (Å²) in [6.45, 7) is 2.25. The minimum Gasteiger partial charge on any atom is -0.484 e. The number of carbonyl (C=O) groups is 2. The van der Waals surface area contributed by atoms with Crippen LogP contribution in [-0.2, 0) is 9.59 Å². The molecule has 0 bridgehead atoms. The minimum absolute atomic E-state index is 0. The Balaban J connectivity index is 0.00000264. The molecule has 128 valence electrons. The third kappa shape index (κ3) is 6.88. The molecule has 1 aliphatic rings.